The summed E-state index contributed by atoms with van der Waals surface area (Å²) in [6.45, 7) is 14.2. The lowest BCUT2D eigenvalue weighted by Crippen LogP contribution is -2.54. The summed E-state index contributed by atoms with van der Waals surface area (Å²) in [5.74, 6) is 1.78. The molecule has 1 aliphatic rings. The van der Waals surface area contributed by atoms with Crippen LogP contribution in [0.5, 0.6) is 0 Å². The number of hydrogen-bond acceptors (Lipinski definition) is 5. The average molecular weight is 563 g/mol. The maximum atomic E-state index is 12.5. The van der Waals surface area contributed by atoms with Crippen LogP contribution in [0.4, 0.5) is 0 Å². The Morgan fingerprint density at radius 1 is 1.17 bits per heavy atom. The molecule has 0 saturated carbocycles. The van der Waals surface area contributed by atoms with E-state index in [4.69, 9.17) is 9.73 Å². The second kappa shape index (κ2) is 15.6. The molecule has 1 saturated heterocycles. The monoisotopic (exact) mass is 562 g/mol. The first-order valence-corrected chi connectivity index (χ1v) is 12.5. The fourth-order valence-electron chi connectivity index (χ4n) is 3.47. The fraction of sp³-hybridized carbons (Fsp3) is 0.950. The van der Waals surface area contributed by atoms with Gasteiger partial charge in [0.15, 0.2) is 5.96 Å². The number of aliphatic imine (C=N–C) groups is 1. The molecule has 0 aromatic carbocycles. The molecule has 8 nitrogen and oxygen atoms in total. The number of ether oxygens (including phenoxy) is 1. The van der Waals surface area contributed by atoms with Gasteiger partial charge in [0.05, 0.1) is 18.5 Å². The van der Waals surface area contributed by atoms with Crippen LogP contribution in [0, 0.1) is 11.8 Å². The maximum absolute atomic E-state index is 12.5. The smallest absolute Gasteiger partial charge is 0.216 e. The predicted octanol–water partition coefficient (Wildman–Crippen LogP) is 1.99. The summed E-state index contributed by atoms with van der Waals surface area (Å²) in [6.07, 6.45) is 1.82. The number of aliphatic hydroxyl groups is 1. The third-order valence-corrected chi connectivity index (χ3v) is 6.73. The van der Waals surface area contributed by atoms with Crippen molar-refractivity contribution < 1.29 is 18.3 Å². The molecule has 2 N–H and O–H groups in total. The Balaban J connectivity index is 0.00000841. The normalized spacial score (nSPS) is 17.3. The molecule has 0 aliphatic carbocycles. The Kier molecular flexibility index (Phi) is 15.5. The standard InChI is InChI=1S/C20H42N4O4S.HI/c1-6-21-20(22-16-19(7-12-25)15-17(2)3)23-8-10-24(11-9-23)29(26,27)14-13-28-18(4)5;/h17-19,25H,6-16H2,1-5H3,(H,21,22);1H. The lowest BCUT2D eigenvalue weighted by atomic mass is 9.94. The van der Waals surface area contributed by atoms with Crippen molar-refractivity contribution in [3.8, 4) is 0 Å². The number of rotatable bonds is 12. The number of hydrogen-bond donors (Lipinski definition) is 2. The molecule has 0 amide bonds. The van der Waals surface area contributed by atoms with E-state index in [-0.39, 0.29) is 49.0 Å². The van der Waals surface area contributed by atoms with Crippen LogP contribution in [0.3, 0.4) is 0 Å². The van der Waals surface area contributed by atoms with Crippen LogP contribution < -0.4 is 5.32 Å². The summed E-state index contributed by atoms with van der Waals surface area (Å²) in [6, 6.07) is 0. The van der Waals surface area contributed by atoms with E-state index in [1.54, 1.807) is 4.31 Å². The number of nitrogens with zero attached hydrogens (tertiary/aromatic N) is 3. The zero-order chi connectivity index (χ0) is 21.9. The largest absolute Gasteiger partial charge is 0.396 e. The average Bonchev–Trinajstić information content (AvgIpc) is 2.64. The molecule has 1 atom stereocenters. The molecule has 30 heavy (non-hydrogen) atoms. The molecule has 1 rings (SSSR count). The molecule has 0 aromatic heterocycles. The van der Waals surface area contributed by atoms with E-state index in [9.17, 15) is 13.5 Å². The van der Waals surface area contributed by atoms with Crippen LogP contribution >= 0.6 is 24.0 Å². The van der Waals surface area contributed by atoms with Crippen molar-refractivity contribution in [2.45, 2.75) is 53.6 Å². The molecule has 1 heterocycles. The summed E-state index contributed by atoms with van der Waals surface area (Å²) in [4.78, 5) is 6.93. The van der Waals surface area contributed by atoms with Crippen molar-refractivity contribution in [1.82, 2.24) is 14.5 Å². The first-order chi connectivity index (χ1) is 13.7. The first kappa shape index (κ1) is 29.8. The Morgan fingerprint density at radius 3 is 2.30 bits per heavy atom. The highest BCUT2D eigenvalue weighted by Crippen LogP contribution is 2.16. The minimum Gasteiger partial charge on any atom is -0.396 e. The second-order valence-electron chi connectivity index (χ2n) is 8.32. The minimum atomic E-state index is -3.29. The van der Waals surface area contributed by atoms with Gasteiger partial charge < -0.3 is 20.1 Å². The Labute approximate surface area is 200 Å². The lowest BCUT2D eigenvalue weighted by Gasteiger charge is -2.36. The quantitative estimate of drug-likeness (QED) is 0.215. The van der Waals surface area contributed by atoms with Gasteiger partial charge in [-0.3, -0.25) is 4.99 Å². The van der Waals surface area contributed by atoms with Crippen LogP contribution in [0.25, 0.3) is 0 Å². The third-order valence-electron chi connectivity index (χ3n) is 4.90. The highest BCUT2D eigenvalue weighted by atomic mass is 127. The van der Waals surface area contributed by atoms with Gasteiger partial charge in [-0.1, -0.05) is 13.8 Å². The van der Waals surface area contributed by atoms with Crippen molar-refractivity contribution in [3.05, 3.63) is 0 Å². The van der Waals surface area contributed by atoms with Gasteiger partial charge in [-0.15, -0.1) is 24.0 Å². The maximum Gasteiger partial charge on any atom is 0.216 e. The van der Waals surface area contributed by atoms with Crippen LogP contribution in [-0.4, -0.2) is 93.0 Å². The molecule has 180 valence electrons. The van der Waals surface area contributed by atoms with E-state index in [1.165, 1.54) is 0 Å². The molecular weight excluding hydrogens is 519 g/mol. The van der Waals surface area contributed by atoms with E-state index < -0.39 is 10.0 Å². The van der Waals surface area contributed by atoms with Gasteiger partial charge in [0.25, 0.3) is 0 Å². The van der Waals surface area contributed by atoms with Crippen LogP contribution in [0.1, 0.15) is 47.5 Å². The molecule has 1 fully saturated rings. The van der Waals surface area contributed by atoms with Crippen molar-refractivity contribution in [2.24, 2.45) is 16.8 Å². The molecular formula is C20H43IN4O4S. The molecule has 0 aromatic rings. The molecule has 1 aliphatic heterocycles. The number of piperazine rings is 1. The van der Waals surface area contributed by atoms with Gasteiger partial charge >= 0.3 is 0 Å². The number of aliphatic hydroxyl groups excluding tert-OH is 1. The van der Waals surface area contributed by atoms with Crippen LogP contribution in [0.2, 0.25) is 0 Å². The summed E-state index contributed by atoms with van der Waals surface area (Å²) in [7, 11) is -3.29. The Hall–Kier alpha value is -0.170. The highest BCUT2D eigenvalue weighted by molar-refractivity contribution is 14.0. The molecule has 1 unspecified atom stereocenters. The van der Waals surface area contributed by atoms with E-state index in [0.29, 0.717) is 44.6 Å². The first-order valence-electron chi connectivity index (χ1n) is 10.9. The van der Waals surface area contributed by atoms with Crippen molar-refractivity contribution >= 4 is 40.0 Å². The number of sulfonamides is 1. The molecule has 10 heteroatoms. The van der Waals surface area contributed by atoms with E-state index in [2.05, 4.69) is 24.1 Å². The van der Waals surface area contributed by atoms with Crippen LogP contribution in [-0.2, 0) is 14.8 Å². The van der Waals surface area contributed by atoms with E-state index >= 15 is 0 Å². The van der Waals surface area contributed by atoms with Crippen LogP contribution in [0.15, 0.2) is 4.99 Å². The fourth-order valence-corrected chi connectivity index (χ4v) is 4.76. The number of nitrogens with one attached hydrogen (secondary N) is 1. The van der Waals surface area contributed by atoms with Gasteiger partial charge in [0.1, 0.15) is 0 Å². The summed E-state index contributed by atoms with van der Waals surface area (Å²) >= 11 is 0. The van der Waals surface area contributed by atoms with E-state index in [0.717, 1.165) is 25.3 Å². The molecule has 0 spiro atoms. The predicted molar refractivity (Wildman–Crippen MR) is 134 cm³/mol. The third kappa shape index (κ3) is 11.4. The summed E-state index contributed by atoms with van der Waals surface area (Å²) in [5.41, 5.74) is 0. The lowest BCUT2D eigenvalue weighted by molar-refractivity contribution is 0.0904. The molecule has 0 radical (unpaired) electrons. The summed E-state index contributed by atoms with van der Waals surface area (Å²) in [5, 5.41) is 12.6. The SMILES string of the molecule is CCNC(=NCC(CCO)CC(C)C)N1CCN(S(=O)(=O)CCOC(C)C)CC1.I. The zero-order valence-electron chi connectivity index (χ0n) is 19.3. The zero-order valence-corrected chi connectivity index (χ0v) is 22.5. The number of halogens is 1. The van der Waals surface area contributed by atoms with Gasteiger partial charge in [-0.05, 0) is 45.4 Å². The van der Waals surface area contributed by atoms with Crippen molar-refractivity contribution in [3.63, 3.8) is 0 Å². The summed E-state index contributed by atoms with van der Waals surface area (Å²) < 4.78 is 32.0. The number of guanidine groups is 1. The highest BCUT2D eigenvalue weighted by Gasteiger charge is 2.28. The van der Waals surface area contributed by atoms with Crippen molar-refractivity contribution in [2.75, 3.05) is 58.2 Å². The molecule has 0 bridgehead atoms. The van der Waals surface area contributed by atoms with Gasteiger partial charge in [-0.25, -0.2) is 8.42 Å². The van der Waals surface area contributed by atoms with Gasteiger partial charge in [0, 0.05) is 45.9 Å². The van der Waals surface area contributed by atoms with E-state index in [1.807, 2.05) is 20.8 Å². The second-order valence-corrected chi connectivity index (χ2v) is 10.4. The van der Waals surface area contributed by atoms with Gasteiger partial charge in [-0.2, -0.15) is 4.31 Å². The Bertz CT molecular complexity index is 579. The topological polar surface area (TPSA) is 94.5 Å². The van der Waals surface area contributed by atoms with Crippen molar-refractivity contribution in [1.29, 1.82) is 0 Å². The Morgan fingerprint density at radius 2 is 1.80 bits per heavy atom. The minimum absolute atomic E-state index is 0. The van der Waals surface area contributed by atoms with Gasteiger partial charge in [0.2, 0.25) is 10.0 Å².